The van der Waals surface area contributed by atoms with Gasteiger partial charge < -0.3 is 11.2 Å². The molecule has 0 heterocycles. The van der Waals surface area contributed by atoms with E-state index in [4.69, 9.17) is 5.73 Å². The van der Waals surface area contributed by atoms with Gasteiger partial charge in [-0.15, -0.1) is 12.6 Å². The standard InChI is InChI=1S/C11H11Br2N3S/c12-7-3-6-4-8(15-16-11(14)17)1-2-9(6)10(13)5-7/h1-5,11,15-17H,14H2. The Hall–Kier alpha value is -0.270. The molecule has 0 fully saturated rings. The quantitative estimate of drug-likeness (QED) is 0.377. The molecule has 2 aromatic carbocycles. The summed E-state index contributed by atoms with van der Waals surface area (Å²) in [5.74, 6) is 0. The molecule has 0 aromatic heterocycles. The second-order valence-corrected chi connectivity index (χ2v) is 5.86. The van der Waals surface area contributed by atoms with Crippen molar-refractivity contribution in [3.05, 3.63) is 39.3 Å². The molecular formula is C11H11Br2N3S. The maximum absolute atomic E-state index is 5.48. The monoisotopic (exact) mass is 375 g/mol. The summed E-state index contributed by atoms with van der Waals surface area (Å²) >= 11 is 11.0. The van der Waals surface area contributed by atoms with E-state index in [1.54, 1.807) is 0 Å². The fraction of sp³-hybridized carbons (Fsp3) is 0.0909. The summed E-state index contributed by atoms with van der Waals surface area (Å²) in [4.78, 5) is 0. The molecule has 17 heavy (non-hydrogen) atoms. The van der Waals surface area contributed by atoms with Crippen molar-refractivity contribution in [3.63, 3.8) is 0 Å². The number of nitrogens with two attached hydrogens (primary N) is 1. The van der Waals surface area contributed by atoms with Gasteiger partial charge in [0.05, 0.1) is 0 Å². The Kier molecular flexibility index (Phi) is 4.32. The lowest BCUT2D eigenvalue weighted by molar-refractivity contribution is 0.768. The summed E-state index contributed by atoms with van der Waals surface area (Å²) < 4.78 is 2.10. The lowest BCUT2D eigenvalue weighted by Crippen LogP contribution is -2.36. The molecule has 0 aliphatic heterocycles. The average Bonchev–Trinajstić information content (AvgIpc) is 2.25. The van der Waals surface area contributed by atoms with Crippen LogP contribution in [0.15, 0.2) is 39.3 Å². The average molecular weight is 377 g/mol. The first-order chi connectivity index (χ1) is 8.06. The number of halogens is 2. The van der Waals surface area contributed by atoms with E-state index in [1.807, 2.05) is 24.3 Å². The topological polar surface area (TPSA) is 50.1 Å². The zero-order valence-electron chi connectivity index (χ0n) is 8.74. The Labute approximate surface area is 122 Å². The zero-order valence-corrected chi connectivity index (χ0v) is 12.8. The van der Waals surface area contributed by atoms with E-state index < -0.39 is 5.50 Å². The first-order valence-corrected chi connectivity index (χ1v) is 7.00. The first kappa shape index (κ1) is 13.2. The van der Waals surface area contributed by atoms with Crippen LogP contribution in [0.1, 0.15) is 0 Å². The molecular weight excluding hydrogens is 366 g/mol. The third-order valence-electron chi connectivity index (χ3n) is 2.23. The number of rotatable bonds is 3. The highest BCUT2D eigenvalue weighted by atomic mass is 79.9. The van der Waals surface area contributed by atoms with Gasteiger partial charge in [-0.1, -0.05) is 37.9 Å². The van der Waals surface area contributed by atoms with Gasteiger partial charge in [0, 0.05) is 14.6 Å². The van der Waals surface area contributed by atoms with Gasteiger partial charge in [0.25, 0.3) is 0 Å². The van der Waals surface area contributed by atoms with E-state index >= 15 is 0 Å². The summed E-state index contributed by atoms with van der Waals surface area (Å²) in [5.41, 5.74) is 11.8. The SMILES string of the molecule is NC(S)NNc1ccc2c(Br)cc(Br)cc2c1. The van der Waals surface area contributed by atoms with E-state index in [2.05, 4.69) is 61.4 Å². The summed E-state index contributed by atoms with van der Waals surface area (Å²) in [6.45, 7) is 0. The van der Waals surface area contributed by atoms with Crippen molar-refractivity contribution in [2.45, 2.75) is 5.50 Å². The maximum Gasteiger partial charge on any atom is 0.117 e. The molecule has 0 aliphatic rings. The van der Waals surface area contributed by atoms with Crippen molar-refractivity contribution in [1.82, 2.24) is 5.43 Å². The van der Waals surface area contributed by atoms with Crippen LogP contribution in [-0.2, 0) is 0 Å². The van der Waals surface area contributed by atoms with Crippen molar-refractivity contribution in [1.29, 1.82) is 0 Å². The van der Waals surface area contributed by atoms with Gasteiger partial charge in [0.1, 0.15) is 5.50 Å². The normalized spacial score (nSPS) is 12.7. The molecule has 90 valence electrons. The van der Waals surface area contributed by atoms with E-state index in [9.17, 15) is 0 Å². The number of hydrazine groups is 1. The van der Waals surface area contributed by atoms with Crippen LogP contribution >= 0.6 is 44.5 Å². The second kappa shape index (κ2) is 5.58. The van der Waals surface area contributed by atoms with Gasteiger partial charge in [-0.25, -0.2) is 5.43 Å². The summed E-state index contributed by atoms with van der Waals surface area (Å²) in [6.07, 6.45) is 0. The first-order valence-electron chi connectivity index (χ1n) is 4.90. The van der Waals surface area contributed by atoms with E-state index in [1.165, 1.54) is 0 Å². The molecule has 1 atom stereocenters. The van der Waals surface area contributed by atoms with Gasteiger partial charge in [0.2, 0.25) is 0 Å². The largest absolute Gasteiger partial charge is 0.319 e. The highest BCUT2D eigenvalue weighted by Crippen LogP contribution is 2.30. The van der Waals surface area contributed by atoms with Crippen LogP contribution < -0.4 is 16.6 Å². The molecule has 0 saturated heterocycles. The summed E-state index contributed by atoms with van der Waals surface area (Å²) in [7, 11) is 0. The highest BCUT2D eigenvalue weighted by Gasteiger charge is 2.02. The minimum absolute atomic E-state index is 0.403. The summed E-state index contributed by atoms with van der Waals surface area (Å²) in [6, 6.07) is 10.1. The minimum atomic E-state index is -0.403. The van der Waals surface area contributed by atoms with Crippen LogP contribution in [0.25, 0.3) is 10.8 Å². The van der Waals surface area contributed by atoms with Crippen LogP contribution in [-0.4, -0.2) is 5.50 Å². The van der Waals surface area contributed by atoms with Crippen molar-refractivity contribution in [2.75, 3.05) is 5.43 Å². The van der Waals surface area contributed by atoms with Crippen LogP contribution in [0.5, 0.6) is 0 Å². The van der Waals surface area contributed by atoms with Crippen LogP contribution in [0, 0.1) is 0 Å². The Morgan fingerprint density at radius 1 is 1.18 bits per heavy atom. The lowest BCUT2D eigenvalue weighted by Gasteiger charge is -2.11. The van der Waals surface area contributed by atoms with Gasteiger partial charge in [-0.3, -0.25) is 0 Å². The van der Waals surface area contributed by atoms with Crippen molar-refractivity contribution < 1.29 is 0 Å². The van der Waals surface area contributed by atoms with Crippen molar-refractivity contribution in [2.24, 2.45) is 5.73 Å². The second-order valence-electron chi connectivity index (χ2n) is 3.54. The number of hydrogen-bond donors (Lipinski definition) is 4. The highest BCUT2D eigenvalue weighted by molar-refractivity contribution is 9.11. The predicted molar refractivity (Wildman–Crippen MR) is 83.1 cm³/mol. The van der Waals surface area contributed by atoms with Crippen LogP contribution in [0.4, 0.5) is 5.69 Å². The maximum atomic E-state index is 5.48. The molecule has 0 radical (unpaired) electrons. The van der Waals surface area contributed by atoms with Crippen LogP contribution in [0.3, 0.4) is 0 Å². The Morgan fingerprint density at radius 3 is 2.65 bits per heavy atom. The Bertz CT molecular complexity index is 545. The molecule has 0 amide bonds. The predicted octanol–water partition coefficient (Wildman–Crippen LogP) is 3.45. The number of thiol groups is 1. The fourth-order valence-corrected chi connectivity index (χ4v) is 2.98. The minimum Gasteiger partial charge on any atom is -0.319 e. The third-order valence-corrected chi connectivity index (χ3v) is 3.47. The van der Waals surface area contributed by atoms with Crippen LogP contribution in [0.2, 0.25) is 0 Å². The smallest absolute Gasteiger partial charge is 0.117 e. The molecule has 1 unspecified atom stereocenters. The Balaban J connectivity index is 2.36. The van der Waals surface area contributed by atoms with E-state index in [0.717, 1.165) is 25.4 Å². The molecule has 6 heteroatoms. The molecule has 2 aromatic rings. The Morgan fingerprint density at radius 2 is 1.94 bits per heavy atom. The van der Waals surface area contributed by atoms with Crippen molar-refractivity contribution >= 4 is 60.9 Å². The van der Waals surface area contributed by atoms with Gasteiger partial charge in [-0.2, -0.15) is 0 Å². The number of nitrogens with one attached hydrogen (secondary N) is 2. The van der Waals surface area contributed by atoms with Gasteiger partial charge >= 0.3 is 0 Å². The number of benzene rings is 2. The number of hydrogen-bond acceptors (Lipinski definition) is 4. The number of fused-ring (bicyclic) bond motifs is 1. The molecule has 0 saturated carbocycles. The molecule has 2 rings (SSSR count). The third kappa shape index (κ3) is 3.35. The van der Waals surface area contributed by atoms with E-state index in [-0.39, 0.29) is 0 Å². The van der Waals surface area contributed by atoms with Crippen molar-refractivity contribution in [3.8, 4) is 0 Å². The molecule has 0 aliphatic carbocycles. The van der Waals surface area contributed by atoms with Gasteiger partial charge in [-0.05, 0) is 35.0 Å². The fourth-order valence-electron chi connectivity index (χ4n) is 1.52. The molecule has 0 spiro atoms. The molecule has 0 bridgehead atoms. The molecule has 3 nitrogen and oxygen atoms in total. The van der Waals surface area contributed by atoms with Gasteiger partial charge in [0.15, 0.2) is 0 Å². The number of anilines is 1. The molecule has 4 N–H and O–H groups in total. The lowest BCUT2D eigenvalue weighted by atomic mass is 10.1. The summed E-state index contributed by atoms with van der Waals surface area (Å²) in [5, 5.41) is 2.29. The zero-order chi connectivity index (χ0) is 12.4. The van der Waals surface area contributed by atoms with E-state index in [0.29, 0.717) is 0 Å².